The highest BCUT2D eigenvalue weighted by molar-refractivity contribution is 6.31. The molecule has 2 amide bonds. The molecular weight excluding hydrogens is 464 g/mol. The largest absolute Gasteiger partial charge is 0.416 e. The van der Waals surface area contributed by atoms with Crippen LogP contribution in [0.4, 0.5) is 29.1 Å². The summed E-state index contributed by atoms with van der Waals surface area (Å²) in [5.74, 6) is -2.55. The third kappa shape index (κ3) is 5.27. The number of nitrogens with zero attached hydrogens (tertiary/aromatic N) is 4. The summed E-state index contributed by atoms with van der Waals surface area (Å²) in [6, 6.07) is 4.28. The molecule has 2 atom stereocenters. The molecule has 0 saturated carbocycles. The van der Waals surface area contributed by atoms with Gasteiger partial charge in [-0.2, -0.15) is 13.2 Å². The van der Waals surface area contributed by atoms with E-state index in [1.807, 2.05) is 0 Å². The number of halogens is 5. The zero-order valence-corrected chi connectivity index (χ0v) is 19.2. The molecule has 1 saturated heterocycles. The number of alkyl halides is 3. The Morgan fingerprint density at radius 3 is 2.45 bits per heavy atom. The maximum absolute atomic E-state index is 13.6. The van der Waals surface area contributed by atoms with Gasteiger partial charge in [-0.15, -0.1) is 0 Å². The Balaban J connectivity index is 2.04. The van der Waals surface area contributed by atoms with Crippen LogP contribution in [0.25, 0.3) is 0 Å². The van der Waals surface area contributed by atoms with Gasteiger partial charge in [0.1, 0.15) is 17.7 Å². The first-order valence-corrected chi connectivity index (χ1v) is 10.4. The van der Waals surface area contributed by atoms with Crippen LogP contribution in [-0.2, 0) is 15.8 Å². The Morgan fingerprint density at radius 1 is 1.21 bits per heavy atom. The van der Waals surface area contributed by atoms with Gasteiger partial charge in [0.05, 0.1) is 16.5 Å². The molecule has 0 bridgehead atoms. The molecule has 0 N–H and O–H groups in total. The number of hydrogen-bond donors (Lipinski definition) is 0. The summed E-state index contributed by atoms with van der Waals surface area (Å²) in [5.41, 5.74) is -0.615. The van der Waals surface area contributed by atoms with Crippen molar-refractivity contribution in [3.63, 3.8) is 0 Å². The SMILES string of the molecule is Cc1cc(C(F)(F)F)cc(N2C(=O)[C@@H](CN(C)C)C[C@@H]2C(=O)N(C)c2ccc(F)c(Cl)c2)n1. The van der Waals surface area contributed by atoms with Gasteiger partial charge in [-0.05, 0) is 57.8 Å². The number of hydrogen-bond acceptors (Lipinski definition) is 4. The molecule has 178 valence electrons. The monoisotopic (exact) mass is 486 g/mol. The second-order valence-corrected chi connectivity index (χ2v) is 8.67. The first-order valence-electron chi connectivity index (χ1n) is 10.1. The van der Waals surface area contributed by atoms with Gasteiger partial charge in [0.2, 0.25) is 11.8 Å². The number of anilines is 2. The number of aryl methyl sites for hydroxylation is 1. The topological polar surface area (TPSA) is 56.8 Å². The van der Waals surface area contributed by atoms with E-state index < -0.39 is 41.3 Å². The molecular formula is C22H23ClF4N4O2. The molecule has 33 heavy (non-hydrogen) atoms. The van der Waals surface area contributed by atoms with E-state index in [1.54, 1.807) is 19.0 Å². The van der Waals surface area contributed by atoms with Gasteiger partial charge >= 0.3 is 6.18 Å². The molecule has 11 heteroatoms. The van der Waals surface area contributed by atoms with Crippen molar-refractivity contribution in [2.45, 2.75) is 25.6 Å². The second-order valence-electron chi connectivity index (χ2n) is 8.27. The predicted molar refractivity (Wildman–Crippen MR) is 117 cm³/mol. The molecule has 0 spiro atoms. The number of pyridine rings is 1. The average Bonchev–Trinajstić information content (AvgIpc) is 3.03. The summed E-state index contributed by atoms with van der Waals surface area (Å²) in [4.78, 5) is 34.8. The molecule has 0 unspecified atom stereocenters. The summed E-state index contributed by atoms with van der Waals surface area (Å²) >= 11 is 5.83. The quantitative estimate of drug-likeness (QED) is 0.596. The van der Waals surface area contributed by atoms with Crippen LogP contribution in [0.5, 0.6) is 0 Å². The molecule has 0 radical (unpaired) electrons. The third-order valence-electron chi connectivity index (χ3n) is 5.41. The van der Waals surface area contributed by atoms with Gasteiger partial charge in [0.15, 0.2) is 0 Å². The van der Waals surface area contributed by atoms with Crippen LogP contribution in [-0.4, -0.2) is 55.4 Å². The summed E-state index contributed by atoms with van der Waals surface area (Å²) in [6.45, 7) is 1.70. The lowest BCUT2D eigenvalue weighted by Gasteiger charge is -2.28. The molecule has 1 aromatic carbocycles. The highest BCUT2D eigenvalue weighted by Gasteiger charge is 2.46. The van der Waals surface area contributed by atoms with Crippen LogP contribution in [0, 0.1) is 18.7 Å². The van der Waals surface area contributed by atoms with Crippen molar-refractivity contribution >= 4 is 34.9 Å². The number of rotatable bonds is 5. The highest BCUT2D eigenvalue weighted by atomic mass is 35.5. The lowest BCUT2D eigenvalue weighted by Crippen LogP contribution is -2.46. The van der Waals surface area contributed by atoms with Crippen LogP contribution in [0.2, 0.25) is 5.02 Å². The zero-order valence-electron chi connectivity index (χ0n) is 18.5. The van der Waals surface area contributed by atoms with E-state index in [0.717, 1.165) is 23.1 Å². The lowest BCUT2D eigenvalue weighted by molar-refractivity contribution is -0.137. The van der Waals surface area contributed by atoms with Crippen molar-refractivity contribution < 1.29 is 27.2 Å². The van der Waals surface area contributed by atoms with E-state index in [-0.39, 0.29) is 28.6 Å². The van der Waals surface area contributed by atoms with Crippen LogP contribution in [0.15, 0.2) is 30.3 Å². The number of carbonyl (C=O) groups is 2. The van der Waals surface area contributed by atoms with Gasteiger partial charge in [-0.1, -0.05) is 11.6 Å². The maximum atomic E-state index is 13.6. The molecule has 1 aliphatic rings. The van der Waals surface area contributed by atoms with E-state index in [2.05, 4.69) is 4.98 Å². The van der Waals surface area contributed by atoms with Crippen molar-refractivity contribution in [2.75, 3.05) is 37.5 Å². The molecule has 3 rings (SSSR count). The summed E-state index contributed by atoms with van der Waals surface area (Å²) in [7, 11) is 4.94. The van der Waals surface area contributed by atoms with Gasteiger partial charge in [0, 0.05) is 25.0 Å². The number of aromatic nitrogens is 1. The van der Waals surface area contributed by atoms with Crippen molar-refractivity contribution in [2.24, 2.45) is 5.92 Å². The minimum Gasteiger partial charge on any atom is -0.314 e. The maximum Gasteiger partial charge on any atom is 0.416 e. The van der Waals surface area contributed by atoms with Gasteiger partial charge in [-0.3, -0.25) is 14.5 Å². The summed E-state index contributed by atoms with van der Waals surface area (Å²) in [5, 5.41) is -0.188. The minimum atomic E-state index is -4.64. The van der Waals surface area contributed by atoms with Crippen molar-refractivity contribution in [1.29, 1.82) is 0 Å². The van der Waals surface area contributed by atoms with Crippen LogP contribution in [0.3, 0.4) is 0 Å². The first kappa shape index (κ1) is 24.9. The van der Waals surface area contributed by atoms with E-state index in [9.17, 15) is 27.2 Å². The second kappa shape index (κ2) is 9.26. The smallest absolute Gasteiger partial charge is 0.314 e. The molecule has 2 aromatic rings. The molecule has 1 aromatic heterocycles. The standard InChI is InChI=1S/C22H23ClF4N4O2/c1-12-7-14(22(25,26)27)9-19(28-12)31-18(8-13(20(31)32)11-29(2)3)21(33)30(4)15-5-6-17(24)16(23)10-15/h5-7,9-10,13,18H,8,11H2,1-4H3/t13-,18-/m1/s1. The van der Waals surface area contributed by atoms with Gasteiger partial charge in [0.25, 0.3) is 0 Å². The van der Waals surface area contributed by atoms with Crippen molar-refractivity contribution in [3.8, 4) is 0 Å². The van der Waals surface area contributed by atoms with E-state index in [0.29, 0.717) is 6.54 Å². The zero-order chi connectivity index (χ0) is 24.7. The molecule has 1 aliphatic heterocycles. The average molecular weight is 487 g/mol. The van der Waals surface area contributed by atoms with Gasteiger partial charge in [-0.25, -0.2) is 9.37 Å². The molecule has 2 heterocycles. The number of benzene rings is 1. The first-order chi connectivity index (χ1) is 15.3. The minimum absolute atomic E-state index is 0.0635. The normalized spacial score (nSPS) is 18.8. The fourth-order valence-corrected chi connectivity index (χ4v) is 4.06. The fraction of sp³-hybridized carbons (Fsp3) is 0.409. The summed E-state index contributed by atoms with van der Waals surface area (Å²) < 4.78 is 53.8. The van der Waals surface area contributed by atoms with E-state index in [4.69, 9.17) is 11.6 Å². The Hall–Kier alpha value is -2.72. The van der Waals surface area contributed by atoms with Gasteiger partial charge < -0.3 is 9.80 Å². The third-order valence-corrected chi connectivity index (χ3v) is 5.70. The number of amides is 2. The predicted octanol–water partition coefficient (Wildman–Crippen LogP) is 4.15. The van der Waals surface area contributed by atoms with Crippen molar-refractivity contribution in [3.05, 3.63) is 52.4 Å². The Morgan fingerprint density at radius 2 is 1.88 bits per heavy atom. The van der Waals surface area contributed by atoms with Crippen LogP contribution < -0.4 is 9.80 Å². The Kier molecular flexibility index (Phi) is 6.99. The van der Waals surface area contributed by atoms with E-state index >= 15 is 0 Å². The van der Waals surface area contributed by atoms with E-state index in [1.165, 1.54) is 31.0 Å². The molecule has 1 fully saturated rings. The lowest BCUT2D eigenvalue weighted by atomic mass is 10.0. The number of carbonyl (C=O) groups excluding carboxylic acids is 2. The summed E-state index contributed by atoms with van der Waals surface area (Å²) in [6.07, 6.45) is -4.55. The highest BCUT2D eigenvalue weighted by Crippen LogP contribution is 2.36. The van der Waals surface area contributed by atoms with Crippen LogP contribution in [0.1, 0.15) is 17.7 Å². The number of likely N-dealkylation sites (N-methyl/N-ethyl adjacent to an activating group) is 1. The Labute approximate surface area is 193 Å². The molecule has 6 nitrogen and oxygen atoms in total. The molecule has 0 aliphatic carbocycles. The Bertz CT molecular complexity index is 1080. The van der Waals surface area contributed by atoms with Crippen molar-refractivity contribution in [1.82, 2.24) is 9.88 Å². The van der Waals surface area contributed by atoms with Crippen LogP contribution >= 0.6 is 11.6 Å². The fourth-order valence-electron chi connectivity index (χ4n) is 3.89.